The number of hydrogen-bond donors (Lipinski definition) is 2. The normalized spacial score (nSPS) is 20.8. The smallest absolute Gasteiger partial charge is 0.316 e. The molecule has 2 aliphatic heterocycles. The highest BCUT2D eigenvalue weighted by atomic mass is 16.2. The van der Waals surface area contributed by atoms with Gasteiger partial charge in [0.2, 0.25) is 0 Å². The SMILES string of the molecule is NC(=O)N1CNCC12CCN(C(=O)c1cncnc1)CC2. The predicted molar refractivity (Wildman–Crippen MR) is 74.2 cm³/mol. The van der Waals surface area contributed by atoms with E-state index < -0.39 is 6.03 Å². The molecule has 3 amide bonds. The van der Waals surface area contributed by atoms with Crippen molar-refractivity contribution in [1.82, 2.24) is 25.1 Å². The monoisotopic (exact) mass is 290 g/mol. The quantitative estimate of drug-likeness (QED) is 0.718. The topological polar surface area (TPSA) is 104 Å². The van der Waals surface area contributed by atoms with E-state index in [2.05, 4.69) is 15.3 Å². The van der Waals surface area contributed by atoms with Crippen molar-refractivity contribution in [3.63, 3.8) is 0 Å². The molecule has 1 aromatic heterocycles. The molecule has 8 nitrogen and oxygen atoms in total. The van der Waals surface area contributed by atoms with Gasteiger partial charge in [0.15, 0.2) is 0 Å². The third-order valence-corrected chi connectivity index (χ3v) is 4.35. The van der Waals surface area contributed by atoms with Crippen LogP contribution in [0.25, 0.3) is 0 Å². The number of likely N-dealkylation sites (tertiary alicyclic amines) is 1. The Morgan fingerprint density at radius 2 is 1.90 bits per heavy atom. The fourth-order valence-electron chi connectivity index (χ4n) is 3.14. The van der Waals surface area contributed by atoms with Gasteiger partial charge in [-0.05, 0) is 12.8 Å². The van der Waals surface area contributed by atoms with Gasteiger partial charge in [-0.2, -0.15) is 0 Å². The molecule has 1 spiro atoms. The Balaban J connectivity index is 1.68. The first-order valence-electron chi connectivity index (χ1n) is 6.94. The molecule has 112 valence electrons. The van der Waals surface area contributed by atoms with Crippen molar-refractivity contribution < 1.29 is 9.59 Å². The summed E-state index contributed by atoms with van der Waals surface area (Å²) in [5.41, 5.74) is 5.68. The molecule has 0 unspecified atom stereocenters. The highest BCUT2D eigenvalue weighted by Crippen LogP contribution is 2.31. The molecule has 0 atom stereocenters. The fraction of sp³-hybridized carbons (Fsp3) is 0.538. The maximum Gasteiger partial charge on any atom is 0.316 e. The number of carbonyl (C=O) groups is 2. The minimum atomic E-state index is -0.406. The second-order valence-electron chi connectivity index (χ2n) is 5.49. The summed E-state index contributed by atoms with van der Waals surface area (Å²) < 4.78 is 0. The lowest BCUT2D eigenvalue weighted by molar-refractivity contribution is 0.0550. The van der Waals surface area contributed by atoms with Gasteiger partial charge in [-0.1, -0.05) is 0 Å². The van der Waals surface area contributed by atoms with Crippen molar-refractivity contribution in [2.24, 2.45) is 5.73 Å². The van der Waals surface area contributed by atoms with E-state index in [1.807, 2.05) is 0 Å². The minimum absolute atomic E-state index is 0.0676. The van der Waals surface area contributed by atoms with E-state index in [-0.39, 0.29) is 11.4 Å². The largest absolute Gasteiger partial charge is 0.351 e. The van der Waals surface area contributed by atoms with Crippen LogP contribution in [0.5, 0.6) is 0 Å². The molecular formula is C13H18N6O2. The van der Waals surface area contributed by atoms with Crippen molar-refractivity contribution >= 4 is 11.9 Å². The van der Waals surface area contributed by atoms with Crippen molar-refractivity contribution in [2.45, 2.75) is 18.4 Å². The van der Waals surface area contributed by atoms with Crippen LogP contribution in [0.2, 0.25) is 0 Å². The Bertz CT molecular complexity index is 541. The van der Waals surface area contributed by atoms with E-state index in [1.54, 1.807) is 9.80 Å². The number of nitrogens with two attached hydrogens (primary N) is 1. The highest BCUT2D eigenvalue weighted by molar-refractivity contribution is 5.93. The summed E-state index contributed by atoms with van der Waals surface area (Å²) >= 11 is 0. The number of primary amides is 1. The van der Waals surface area contributed by atoms with Crippen molar-refractivity contribution in [3.05, 3.63) is 24.3 Å². The third kappa shape index (κ3) is 2.42. The standard InChI is InChI=1S/C13H18N6O2/c14-12(21)19-9-17-7-13(19)1-3-18(4-2-13)11(20)10-5-15-8-16-6-10/h5-6,8,17H,1-4,7,9H2,(H2,14,21). The number of urea groups is 1. The second kappa shape index (κ2) is 5.28. The molecule has 0 saturated carbocycles. The molecule has 2 fully saturated rings. The van der Waals surface area contributed by atoms with Gasteiger partial charge in [0, 0.05) is 32.0 Å². The lowest BCUT2D eigenvalue weighted by atomic mass is 9.87. The van der Waals surface area contributed by atoms with Crippen LogP contribution >= 0.6 is 0 Å². The van der Waals surface area contributed by atoms with Gasteiger partial charge in [0.05, 0.1) is 17.8 Å². The van der Waals surface area contributed by atoms with E-state index in [1.165, 1.54) is 18.7 Å². The van der Waals surface area contributed by atoms with Gasteiger partial charge in [-0.25, -0.2) is 14.8 Å². The molecule has 0 aromatic carbocycles. The molecule has 2 aliphatic rings. The Morgan fingerprint density at radius 3 is 2.52 bits per heavy atom. The number of amides is 3. The Hall–Kier alpha value is -2.22. The summed E-state index contributed by atoms with van der Waals surface area (Å²) in [6.45, 7) is 2.40. The third-order valence-electron chi connectivity index (χ3n) is 4.35. The second-order valence-corrected chi connectivity index (χ2v) is 5.49. The Morgan fingerprint density at radius 1 is 1.24 bits per heavy atom. The first-order valence-corrected chi connectivity index (χ1v) is 6.94. The van der Waals surface area contributed by atoms with Crippen molar-refractivity contribution in [2.75, 3.05) is 26.3 Å². The van der Waals surface area contributed by atoms with Gasteiger partial charge < -0.3 is 15.5 Å². The van der Waals surface area contributed by atoms with Crippen LogP contribution < -0.4 is 11.1 Å². The van der Waals surface area contributed by atoms with E-state index in [4.69, 9.17) is 5.73 Å². The van der Waals surface area contributed by atoms with Crippen LogP contribution in [0.3, 0.4) is 0 Å². The summed E-state index contributed by atoms with van der Waals surface area (Å²) in [7, 11) is 0. The lowest BCUT2D eigenvalue weighted by Gasteiger charge is -2.43. The molecule has 21 heavy (non-hydrogen) atoms. The molecular weight excluding hydrogens is 272 g/mol. The molecule has 0 bridgehead atoms. The summed E-state index contributed by atoms with van der Waals surface area (Å²) in [5.74, 6) is -0.0676. The molecule has 0 radical (unpaired) electrons. The summed E-state index contributed by atoms with van der Waals surface area (Å²) in [6, 6.07) is -0.406. The first-order chi connectivity index (χ1) is 10.1. The van der Waals surface area contributed by atoms with Gasteiger partial charge in [-0.15, -0.1) is 0 Å². The number of carbonyl (C=O) groups excluding carboxylic acids is 2. The van der Waals surface area contributed by atoms with Crippen LogP contribution in [-0.2, 0) is 0 Å². The van der Waals surface area contributed by atoms with Crippen molar-refractivity contribution in [1.29, 1.82) is 0 Å². The number of rotatable bonds is 1. The molecule has 3 N–H and O–H groups in total. The van der Waals surface area contributed by atoms with Gasteiger partial charge in [0.25, 0.3) is 5.91 Å². The predicted octanol–water partition coefficient (Wildman–Crippen LogP) is -0.607. The maximum atomic E-state index is 12.3. The van der Waals surface area contributed by atoms with Crippen LogP contribution in [-0.4, -0.2) is 63.5 Å². The molecule has 0 aliphatic carbocycles. The Labute approximate surface area is 122 Å². The number of nitrogens with zero attached hydrogens (tertiary/aromatic N) is 4. The fourth-order valence-corrected chi connectivity index (χ4v) is 3.14. The van der Waals surface area contributed by atoms with E-state index in [9.17, 15) is 9.59 Å². The van der Waals surface area contributed by atoms with E-state index in [0.29, 0.717) is 25.3 Å². The zero-order chi connectivity index (χ0) is 14.9. The van der Waals surface area contributed by atoms with Crippen LogP contribution in [0.1, 0.15) is 23.2 Å². The van der Waals surface area contributed by atoms with Crippen LogP contribution in [0, 0.1) is 0 Å². The number of nitrogens with one attached hydrogen (secondary N) is 1. The molecule has 2 saturated heterocycles. The zero-order valence-corrected chi connectivity index (χ0v) is 11.7. The zero-order valence-electron chi connectivity index (χ0n) is 11.7. The van der Waals surface area contributed by atoms with Crippen molar-refractivity contribution in [3.8, 4) is 0 Å². The number of aromatic nitrogens is 2. The Kier molecular flexibility index (Phi) is 3.46. The summed E-state index contributed by atoms with van der Waals surface area (Å²) in [5, 5.41) is 3.19. The van der Waals surface area contributed by atoms with Crippen LogP contribution in [0.4, 0.5) is 4.79 Å². The average molecular weight is 290 g/mol. The highest BCUT2D eigenvalue weighted by Gasteiger charge is 2.45. The van der Waals surface area contributed by atoms with E-state index >= 15 is 0 Å². The molecule has 1 aromatic rings. The number of piperidine rings is 1. The average Bonchev–Trinajstić information content (AvgIpc) is 2.92. The van der Waals surface area contributed by atoms with E-state index in [0.717, 1.165) is 19.4 Å². The number of hydrogen-bond acceptors (Lipinski definition) is 5. The first kappa shape index (κ1) is 13.7. The summed E-state index contributed by atoms with van der Waals surface area (Å²) in [4.78, 5) is 35.1. The minimum Gasteiger partial charge on any atom is -0.351 e. The molecule has 3 heterocycles. The lowest BCUT2D eigenvalue weighted by Crippen LogP contribution is -2.57. The molecule has 3 rings (SSSR count). The van der Waals surface area contributed by atoms with Crippen LogP contribution in [0.15, 0.2) is 18.7 Å². The van der Waals surface area contributed by atoms with Gasteiger partial charge >= 0.3 is 6.03 Å². The summed E-state index contributed by atoms with van der Waals surface area (Å²) in [6.07, 6.45) is 5.89. The van der Waals surface area contributed by atoms with Gasteiger partial charge in [0.1, 0.15) is 6.33 Å². The maximum absolute atomic E-state index is 12.3. The van der Waals surface area contributed by atoms with Gasteiger partial charge in [-0.3, -0.25) is 10.1 Å². The molecule has 8 heteroatoms.